The third-order valence-electron chi connectivity index (χ3n) is 3.01. The largest absolute Gasteiger partial charge is 0.352 e. The molecule has 0 aliphatic rings. The molecule has 0 bridgehead atoms. The Morgan fingerprint density at radius 2 is 2.00 bits per heavy atom. The van der Waals surface area contributed by atoms with Crippen LogP contribution in [0.25, 0.3) is 0 Å². The van der Waals surface area contributed by atoms with Crippen molar-refractivity contribution in [3.63, 3.8) is 0 Å². The smallest absolute Gasteiger partial charge is 0.221 e. The highest BCUT2D eigenvalue weighted by Crippen LogP contribution is 2.15. The lowest BCUT2D eigenvalue weighted by Crippen LogP contribution is -2.27. The number of pyridine rings is 1. The Balaban J connectivity index is 1.62. The summed E-state index contributed by atoms with van der Waals surface area (Å²) < 4.78 is 1.08. The van der Waals surface area contributed by atoms with Crippen LogP contribution in [0.15, 0.2) is 53.3 Å². The van der Waals surface area contributed by atoms with Gasteiger partial charge in [-0.1, -0.05) is 40.2 Å². The number of nitrogens with zero attached hydrogens (tertiary/aromatic N) is 1. The molecule has 0 aliphatic carbocycles. The summed E-state index contributed by atoms with van der Waals surface area (Å²) in [6.45, 7) is 1.93. The third-order valence-corrected chi connectivity index (χ3v) is 3.79. The second kappa shape index (κ2) is 8.54. The van der Waals surface area contributed by atoms with E-state index in [4.69, 9.17) is 0 Å². The van der Waals surface area contributed by atoms with Crippen LogP contribution in [0.2, 0.25) is 0 Å². The monoisotopic (exact) mass is 347 g/mol. The van der Waals surface area contributed by atoms with Crippen LogP contribution in [0.5, 0.6) is 0 Å². The topological polar surface area (TPSA) is 54.0 Å². The molecule has 2 N–H and O–H groups in total. The first-order chi connectivity index (χ1) is 10.3. The first-order valence-corrected chi connectivity index (χ1v) is 7.65. The van der Waals surface area contributed by atoms with Crippen molar-refractivity contribution in [2.75, 3.05) is 6.54 Å². The maximum absolute atomic E-state index is 11.7. The molecule has 21 heavy (non-hydrogen) atoms. The van der Waals surface area contributed by atoms with Crippen LogP contribution in [-0.4, -0.2) is 17.4 Å². The minimum atomic E-state index is 0.0403. The molecular weight excluding hydrogens is 330 g/mol. The van der Waals surface area contributed by atoms with E-state index in [1.165, 1.54) is 5.56 Å². The fraction of sp³-hybridized carbons (Fsp3) is 0.250. The van der Waals surface area contributed by atoms with Crippen molar-refractivity contribution in [1.29, 1.82) is 0 Å². The van der Waals surface area contributed by atoms with E-state index in [0.717, 1.165) is 16.6 Å². The Labute approximate surface area is 133 Å². The number of carbonyl (C=O) groups is 1. The minimum Gasteiger partial charge on any atom is -0.352 e. The van der Waals surface area contributed by atoms with Crippen LogP contribution in [0.1, 0.15) is 17.5 Å². The molecule has 4 nitrogen and oxygen atoms in total. The molecule has 1 heterocycles. The Kier molecular flexibility index (Phi) is 6.37. The third kappa shape index (κ3) is 5.65. The zero-order chi connectivity index (χ0) is 14.9. The number of nitrogens with one attached hydrogen (secondary N) is 2. The zero-order valence-corrected chi connectivity index (χ0v) is 13.3. The van der Waals surface area contributed by atoms with Gasteiger partial charge in [-0.15, -0.1) is 0 Å². The summed E-state index contributed by atoms with van der Waals surface area (Å²) in [5, 5.41) is 6.15. The molecule has 0 atom stereocenters. The van der Waals surface area contributed by atoms with Crippen molar-refractivity contribution in [2.45, 2.75) is 19.5 Å². The van der Waals surface area contributed by atoms with E-state index in [0.29, 0.717) is 19.5 Å². The van der Waals surface area contributed by atoms with Gasteiger partial charge in [-0.25, -0.2) is 0 Å². The molecule has 2 rings (SSSR count). The summed E-state index contributed by atoms with van der Waals surface area (Å²) in [6, 6.07) is 11.9. The van der Waals surface area contributed by atoms with Crippen molar-refractivity contribution in [1.82, 2.24) is 15.6 Å². The van der Waals surface area contributed by atoms with Crippen molar-refractivity contribution in [2.24, 2.45) is 0 Å². The van der Waals surface area contributed by atoms with Gasteiger partial charge in [0.2, 0.25) is 5.91 Å². The lowest BCUT2D eigenvalue weighted by molar-refractivity contribution is -0.121. The van der Waals surface area contributed by atoms with Crippen LogP contribution < -0.4 is 10.6 Å². The van der Waals surface area contributed by atoms with E-state index < -0.39 is 0 Å². The predicted octanol–water partition coefficient (Wildman–Crippen LogP) is 2.64. The van der Waals surface area contributed by atoms with Crippen LogP contribution in [0, 0.1) is 0 Å². The van der Waals surface area contributed by atoms with E-state index in [2.05, 4.69) is 37.6 Å². The molecule has 0 aliphatic heterocycles. The van der Waals surface area contributed by atoms with Gasteiger partial charge >= 0.3 is 0 Å². The number of rotatable bonds is 7. The van der Waals surface area contributed by atoms with Crippen LogP contribution in [0.4, 0.5) is 0 Å². The number of hydrogen-bond acceptors (Lipinski definition) is 3. The standard InChI is InChI=1S/C16H18BrN3O/c17-15-6-2-1-5-14(15)12-19-9-7-16(21)20-11-13-4-3-8-18-10-13/h1-6,8,10,19H,7,9,11-12H2,(H,20,21). The quantitative estimate of drug-likeness (QED) is 0.757. The van der Waals surface area contributed by atoms with Gasteiger partial charge in [-0.2, -0.15) is 0 Å². The van der Waals surface area contributed by atoms with E-state index in [9.17, 15) is 4.79 Å². The number of carbonyl (C=O) groups excluding carboxylic acids is 1. The summed E-state index contributed by atoms with van der Waals surface area (Å²) in [7, 11) is 0. The van der Waals surface area contributed by atoms with Gasteiger partial charge in [0.05, 0.1) is 0 Å². The van der Waals surface area contributed by atoms with Crippen molar-refractivity contribution in [3.05, 3.63) is 64.4 Å². The first-order valence-electron chi connectivity index (χ1n) is 6.85. The van der Waals surface area contributed by atoms with Gasteiger partial charge in [0, 0.05) is 42.9 Å². The number of aromatic nitrogens is 1. The Bertz CT molecular complexity index is 575. The van der Waals surface area contributed by atoms with Gasteiger partial charge < -0.3 is 10.6 Å². The van der Waals surface area contributed by atoms with Crippen molar-refractivity contribution >= 4 is 21.8 Å². The fourth-order valence-electron chi connectivity index (χ4n) is 1.86. The maximum atomic E-state index is 11.7. The van der Waals surface area contributed by atoms with Gasteiger partial charge in [0.1, 0.15) is 0 Å². The Morgan fingerprint density at radius 3 is 2.76 bits per heavy atom. The van der Waals surface area contributed by atoms with Crippen molar-refractivity contribution in [3.8, 4) is 0 Å². The van der Waals surface area contributed by atoms with Gasteiger partial charge in [0.15, 0.2) is 0 Å². The Morgan fingerprint density at radius 1 is 1.14 bits per heavy atom. The molecule has 0 saturated carbocycles. The van der Waals surface area contributed by atoms with Gasteiger partial charge in [-0.3, -0.25) is 9.78 Å². The summed E-state index contributed by atoms with van der Waals surface area (Å²) in [4.78, 5) is 15.7. The number of benzene rings is 1. The predicted molar refractivity (Wildman–Crippen MR) is 86.5 cm³/mol. The molecule has 0 fully saturated rings. The number of hydrogen-bond donors (Lipinski definition) is 2. The molecule has 2 aromatic rings. The lowest BCUT2D eigenvalue weighted by Gasteiger charge is -2.07. The minimum absolute atomic E-state index is 0.0403. The number of halogens is 1. The maximum Gasteiger partial charge on any atom is 0.221 e. The highest BCUT2D eigenvalue weighted by atomic mass is 79.9. The highest BCUT2D eigenvalue weighted by Gasteiger charge is 2.02. The lowest BCUT2D eigenvalue weighted by atomic mass is 10.2. The molecular formula is C16H18BrN3O. The molecule has 0 radical (unpaired) electrons. The summed E-state index contributed by atoms with van der Waals surface area (Å²) in [6.07, 6.45) is 3.94. The first kappa shape index (κ1) is 15.7. The van der Waals surface area contributed by atoms with E-state index in [1.807, 2.05) is 30.3 Å². The number of amides is 1. The SMILES string of the molecule is O=C(CCNCc1ccccc1Br)NCc1cccnc1. The average molecular weight is 348 g/mol. The van der Waals surface area contributed by atoms with Crippen molar-refractivity contribution < 1.29 is 4.79 Å². The van der Waals surface area contributed by atoms with Gasteiger partial charge in [-0.05, 0) is 23.3 Å². The molecule has 1 amide bonds. The van der Waals surface area contributed by atoms with E-state index in [-0.39, 0.29) is 5.91 Å². The average Bonchev–Trinajstić information content (AvgIpc) is 2.52. The van der Waals surface area contributed by atoms with Crippen LogP contribution in [0.3, 0.4) is 0 Å². The second-order valence-electron chi connectivity index (χ2n) is 4.66. The van der Waals surface area contributed by atoms with E-state index in [1.54, 1.807) is 12.4 Å². The second-order valence-corrected chi connectivity index (χ2v) is 5.51. The molecule has 0 saturated heterocycles. The summed E-state index contributed by atoms with van der Waals surface area (Å²) in [5.74, 6) is 0.0403. The highest BCUT2D eigenvalue weighted by molar-refractivity contribution is 9.10. The molecule has 1 aromatic heterocycles. The normalized spacial score (nSPS) is 10.3. The summed E-state index contributed by atoms with van der Waals surface area (Å²) in [5.41, 5.74) is 2.19. The molecule has 110 valence electrons. The molecule has 1 aromatic carbocycles. The van der Waals surface area contributed by atoms with Crippen LogP contribution in [-0.2, 0) is 17.9 Å². The Hall–Kier alpha value is -1.72. The van der Waals surface area contributed by atoms with E-state index >= 15 is 0 Å². The summed E-state index contributed by atoms with van der Waals surface area (Å²) >= 11 is 3.50. The molecule has 5 heteroatoms. The fourth-order valence-corrected chi connectivity index (χ4v) is 2.28. The van der Waals surface area contributed by atoms with Crippen LogP contribution >= 0.6 is 15.9 Å². The molecule has 0 spiro atoms. The zero-order valence-electron chi connectivity index (χ0n) is 11.7. The van der Waals surface area contributed by atoms with Gasteiger partial charge in [0.25, 0.3) is 0 Å². The molecule has 0 unspecified atom stereocenters.